The number of aromatic nitrogens is 2. The van der Waals surface area contributed by atoms with Gasteiger partial charge in [0.25, 0.3) is 5.56 Å². The van der Waals surface area contributed by atoms with Crippen molar-refractivity contribution in [2.24, 2.45) is 0 Å². The predicted molar refractivity (Wildman–Crippen MR) is 110 cm³/mol. The van der Waals surface area contributed by atoms with Gasteiger partial charge in [-0.1, -0.05) is 12.1 Å². The second-order valence-electron chi connectivity index (χ2n) is 6.46. The van der Waals surface area contributed by atoms with Gasteiger partial charge < -0.3 is 19.5 Å². The average molecular weight is 407 g/mol. The maximum absolute atomic E-state index is 14.0. The second-order valence-corrected chi connectivity index (χ2v) is 6.46. The number of nitrogens with zero attached hydrogens (tertiary/aromatic N) is 1. The number of ether oxygens (including phenoxy) is 1. The maximum atomic E-state index is 14.0. The number of nitrogens with one attached hydrogen (secondary N) is 2. The fourth-order valence-electron chi connectivity index (χ4n) is 3.05. The van der Waals surface area contributed by atoms with Gasteiger partial charge in [-0.05, 0) is 49.4 Å². The largest absolute Gasteiger partial charge is 0.460 e. The maximum Gasteiger partial charge on any atom is 0.374 e. The van der Waals surface area contributed by atoms with Gasteiger partial charge in [0.2, 0.25) is 5.76 Å². The number of fused-ring (bicyclic) bond motifs is 1. The Balaban J connectivity index is 1.64. The van der Waals surface area contributed by atoms with Crippen molar-refractivity contribution in [3.8, 4) is 11.3 Å². The molecule has 0 bridgehead atoms. The first-order valence-electron chi connectivity index (χ1n) is 9.34. The van der Waals surface area contributed by atoms with Gasteiger partial charge in [-0.2, -0.15) is 0 Å². The molecule has 0 aliphatic heterocycles. The van der Waals surface area contributed by atoms with E-state index in [0.29, 0.717) is 28.0 Å². The number of carbonyl (C=O) groups is 1. The molecule has 0 saturated carbocycles. The lowest BCUT2D eigenvalue weighted by Crippen LogP contribution is -2.13. The summed E-state index contributed by atoms with van der Waals surface area (Å²) in [6.07, 6.45) is 0. The van der Waals surface area contributed by atoms with Crippen LogP contribution in [-0.4, -0.2) is 22.5 Å². The van der Waals surface area contributed by atoms with Crippen LogP contribution in [0.2, 0.25) is 0 Å². The van der Waals surface area contributed by atoms with Crippen molar-refractivity contribution in [3.63, 3.8) is 0 Å². The van der Waals surface area contributed by atoms with Crippen LogP contribution >= 0.6 is 0 Å². The highest BCUT2D eigenvalue weighted by molar-refractivity contribution is 5.86. The predicted octanol–water partition coefficient (Wildman–Crippen LogP) is 4.11. The molecule has 152 valence electrons. The molecule has 0 amide bonds. The summed E-state index contributed by atoms with van der Waals surface area (Å²) in [6.45, 7) is 2.17. The molecular formula is C22H18FN3O4. The number of halogens is 1. The Labute approximate surface area is 170 Å². The van der Waals surface area contributed by atoms with Crippen molar-refractivity contribution in [3.05, 3.63) is 82.3 Å². The van der Waals surface area contributed by atoms with Crippen LogP contribution in [0.3, 0.4) is 0 Å². The van der Waals surface area contributed by atoms with Gasteiger partial charge in [0.05, 0.1) is 24.2 Å². The van der Waals surface area contributed by atoms with Crippen LogP contribution in [0.5, 0.6) is 0 Å². The standard InChI is InChI=1S/C22H18FN3O4/c1-2-29-22(28)19-10-8-14(30-19)12-24-16-9-7-13(23)11-15(16)20-21(27)26-18-6-4-3-5-17(18)25-20/h3-11,24H,2,12H2,1H3,(H,26,27). The molecule has 0 aliphatic carbocycles. The highest BCUT2D eigenvalue weighted by Gasteiger charge is 2.15. The van der Waals surface area contributed by atoms with Crippen molar-refractivity contribution in [2.45, 2.75) is 13.5 Å². The number of esters is 1. The summed E-state index contributed by atoms with van der Waals surface area (Å²) >= 11 is 0. The van der Waals surface area contributed by atoms with Crippen LogP contribution in [0.4, 0.5) is 10.1 Å². The van der Waals surface area contributed by atoms with E-state index in [-0.39, 0.29) is 24.6 Å². The van der Waals surface area contributed by atoms with E-state index in [1.54, 1.807) is 37.3 Å². The molecule has 0 atom stereocenters. The molecule has 4 aromatic rings. The number of carbonyl (C=O) groups excluding carboxylic acids is 1. The summed E-state index contributed by atoms with van der Waals surface area (Å²) in [5.41, 5.74) is 1.68. The van der Waals surface area contributed by atoms with Gasteiger partial charge in [-0.3, -0.25) is 4.79 Å². The molecular weight excluding hydrogens is 389 g/mol. The average Bonchev–Trinajstić information content (AvgIpc) is 3.22. The smallest absolute Gasteiger partial charge is 0.374 e. The number of furan rings is 1. The van der Waals surface area contributed by atoms with E-state index in [4.69, 9.17) is 9.15 Å². The highest BCUT2D eigenvalue weighted by Crippen LogP contribution is 2.27. The SMILES string of the molecule is CCOC(=O)c1ccc(CNc2ccc(F)cc2-c2nc3ccccc3[nH]c2=O)o1. The highest BCUT2D eigenvalue weighted by atomic mass is 19.1. The minimum Gasteiger partial charge on any atom is -0.460 e. The number of rotatable bonds is 6. The van der Waals surface area contributed by atoms with Crippen molar-refractivity contribution in [1.82, 2.24) is 9.97 Å². The number of hydrogen-bond donors (Lipinski definition) is 2. The molecule has 2 aromatic heterocycles. The van der Waals surface area contributed by atoms with Gasteiger partial charge >= 0.3 is 5.97 Å². The Morgan fingerprint density at radius 2 is 2.03 bits per heavy atom. The number of aromatic amines is 1. The summed E-state index contributed by atoms with van der Waals surface area (Å²) in [7, 11) is 0. The van der Waals surface area contributed by atoms with Gasteiger partial charge in [0.15, 0.2) is 0 Å². The zero-order chi connectivity index (χ0) is 21.1. The Kier molecular flexibility index (Phi) is 5.30. The molecule has 7 nitrogen and oxygen atoms in total. The third kappa shape index (κ3) is 3.93. The van der Waals surface area contributed by atoms with E-state index < -0.39 is 17.3 Å². The summed E-state index contributed by atoms with van der Waals surface area (Å²) < 4.78 is 24.3. The quantitative estimate of drug-likeness (QED) is 0.467. The zero-order valence-corrected chi connectivity index (χ0v) is 16.1. The lowest BCUT2D eigenvalue weighted by atomic mass is 10.1. The lowest BCUT2D eigenvalue weighted by Gasteiger charge is -2.11. The molecule has 30 heavy (non-hydrogen) atoms. The first-order valence-corrected chi connectivity index (χ1v) is 9.34. The minimum atomic E-state index is -0.543. The fourth-order valence-corrected chi connectivity index (χ4v) is 3.05. The zero-order valence-electron chi connectivity index (χ0n) is 16.1. The normalized spacial score (nSPS) is 10.9. The number of H-pyrrole nitrogens is 1. The molecule has 2 aromatic carbocycles. The molecule has 0 unspecified atom stereocenters. The number of benzene rings is 2. The third-order valence-electron chi connectivity index (χ3n) is 4.43. The first kappa shape index (κ1) is 19.4. The summed E-state index contributed by atoms with van der Waals surface area (Å²) in [6, 6.07) is 14.3. The molecule has 8 heteroatoms. The molecule has 4 rings (SSSR count). The number of hydrogen-bond acceptors (Lipinski definition) is 6. The van der Waals surface area contributed by atoms with Crippen LogP contribution in [0.15, 0.2) is 63.8 Å². The van der Waals surface area contributed by atoms with Crippen molar-refractivity contribution < 1.29 is 18.3 Å². The second kappa shape index (κ2) is 8.20. The minimum absolute atomic E-state index is 0.0978. The molecule has 0 aliphatic rings. The number of anilines is 1. The summed E-state index contributed by atoms with van der Waals surface area (Å²) in [5.74, 6) is -0.458. The summed E-state index contributed by atoms with van der Waals surface area (Å²) in [4.78, 5) is 31.5. The first-order chi connectivity index (χ1) is 14.5. The van der Waals surface area contributed by atoms with Crippen LogP contribution in [0.1, 0.15) is 23.2 Å². The van der Waals surface area contributed by atoms with E-state index in [1.807, 2.05) is 0 Å². The van der Waals surface area contributed by atoms with Gasteiger partial charge in [0, 0.05) is 11.3 Å². The van der Waals surface area contributed by atoms with Crippen LogP contribution < -0.4 is 10.9 Å². The molecule has 0 saturated heterocycles. The Bertz CT molecular complexity index is 1280. The third-order valence-corrected chi connectivity index (χ3v) is 4.43. The van der Waals surface area contributed by atoms with Crippen molar-refractivity contribution >= 4 is 22.7 Å². The van der Waals surface area contributed by atoms with E-state index in [1.165, 1.54) is 24.3 Å². The van der Waals surface area contributed by atoms with E-state index in [2.05, 4.69) is 15.3 Å². The van der Waals surface area contributed by atoms with Crippen LogP contribution in [0, 0.1) is 5.82 Å². The molecule has 2 heterocycles. The Morgan fingerprint density at radius 3 is 2.87 bits per heavy atom. The van der Waals surface area contributed by atoms with E-state index in [0.717, 1.165) is 0 Å². The van der Waals surface area contributed by atoms with Crippen LogP contribution in [-0.2, 0) is 11.3 Å². The Morgan fingerprint density at radius 1 is 1.20 bits per heavy atom. The number of para-hydroxylation sites is 2. The van der Waals surface area contributed by atoms with Gasteiger partial charge in [-0.25, -0.2) is 14.2 Å². The van der Waals surface area contributed by atoms with Crippen molar-refractivity contribution in [2.75, 3.05) is 11.9 Å². The lowest BCUT2D eigenvalue weighted by molar-refractivity contribution is 0.0488. The van der Waals surface area contributed by atoms with Gasteiger partial charge in [-0.15, -0.1) is 0 Å². The molecule has 0 fully saturated rings. The molecule has 0 radical (unpaired) electrons. The molecule has 0 spiro atoms. The van der Waals surface area contributed by atoms with Crippen molar-refractivity contribution in [1.29, 1.82) is 0 Å². The monoisotopic (exact) mass is 407 g/mol. The van der Waals surface area contributed by atoms with E-state index >= 15 is 0 Å². The van der Waals surface area contributed by atoms with Gasteiger partial charge in [0.1, 0.15) is 17.3 Å². The van der Waals surface area contributed by atoms with Crippen LogP contribution in [0.25, 0.3) is 22.3 Å². The topological polar surface area (TPSA) is 97.2 Å². The van der Waals surface area contributed by atoms with E-state index in [9.17, 15) is 14.0 Å². The fraction of sp³-hybridized carbons (Fsp3) is 0.136. The Hall–Kier alpha value is -3.94. The molecule has 2 N–H and O–H groups in total. The summed E-state index contributed by atoms with van der Waals surface area (Å²) in [5, 5.41) is 3.11.